The number of benzene rings is 1. The Balaban J connectivity index is 2.00. The highest BCUT2D eigenvalue weighted by Crippen LogP contribution is 2.24. The van der Waals surface area contributed by atoms with E-state index < -0.39 is 12.0 Å². The van der Waals surface area contributed by atoms with E-state index in [1.807, 2.05) is 31.2 Å². The van der Waals surface area contributed by atoms with Crippen molar-refractivity contribution in [3.05, 3.63) is 35.4 Å². The van der Waals surface area contributed by atoms with Crippen molar-refractivity contribution >= 4 is 11.9 Å². The molecule has 4 heteroatoms. The smallest absolute Gasteiger partial charge is 0.326 e. The average molecular weight is 289 g/mol. The SMILES string of the molecule is Cc1ccccc1C[C@H](NC(=O)C1CCCCC1)C(=O)O. The minimum Gasteiger partial charge on any atom is -0.480 e. The van der Waals surface area contributed by atoms with Gasteiger partial charge in [-0.3, -0.25) is 4.79 Å². The molecule has 1 amide bonds. The minimum absolute atomic E-state index is 0.0162. The van der Waals surface area contributed by atoms with Gasteiger partial charge in [0.25, 0.3) is 0 Å². The summed E-state index contributed by atoms with van der Waals surface area (Å²) in [5.41, 5.74) is 2.02. The Hall–Kier alpha value is -1.84. The number of aliphatic carboxylic acids is 1. The maximum atomic E-state index is 12.2. The number of carboxylic acids is 1. The summed E-state index contributed by atoms with van der Waals surface area (Å²) in [6.45, 7) is 1.96. The van der Waals surface area contributed by atoms with Crippen LogP contribution in [-0.4, -0.2) is 23.0 Å². The van der Waals surface area contributed by atoms with Crippen molar-refractivity contribution in [3.63, 3.8) is 0 Å². The van der Waals surface area contributed by atoms with Gasteiger partial charge in [-0.05, 0) is 30.9 Å². The van der Waals surface area contributed by atoms with E-state index in [0.29, 0.717) is 6.42 Å². The van der Waals surface area contributed by atoms with Crippen LogP contribution in [0.3, 0.4) is 0 Å². The monoisotopic (exact) mass is 289 g/mol. The van der Waals surface area contributed by atoms with Gasteiger partial charge in [-0.1, -0.05) is 43.5 Å². The lowest BCUT2D eigenvalue weighted by atomic mass is 9.88. The Morgan fingerprint density at radius 2 is 1.90 bits per heavy atom. The summed E-state index contributed by atoms with van der Waals surface area (Å²) in [5, 5.41) is 12.1. The first kappa shape index (κ1) is 15.5. The molecule has 0 unspecified atom stereocenters. The number of rotatable bonds is 5. The van der Waals surface area contributed by atoms with Crippen molar-refractivity contribution < 1.29 is 14.7 Å². The maximum Gasteiger partial charge on any atom is 0.326 e. The highest BCUT2D eigenvalue weighted by Gasteiger charge is 2.26. The fourth-order valence-corrected chi connectivity index (χ4v) is 2.91. The van der Waals surface area contributed by atoms with Crippen LogP contribution in [0.25, 0.3) is 0 Å². The molecule has 114 valence electrons. The molecule has 1 aromatic carbocycles. The second-order valence-electron chi connectivity index (χ2n) is 5.86. The zero-order chi connectivity index (χ0) is 15.2. The van der Waals surface area contributed by atoms with Crippen molar-refractivity contribution in [2.24, 2.45) is 5.92 Å². The number of carbonyl (C=O) groups excluding carboxylic acids is 1. The van der Waals surface area contributed by atoms with Gasteiger partial charge in [-0.25, -0.2) is 4.79 Å². The highest BCUT2D eigenvalue weighted by molar-refractivity contribution is 5.85. The Kier molecular flexibility index (Phi) is 5.37. The molecule has 0 radical (unpaired) electrons. The molecule has 4 nitrogen and oxygen atoms in total. The van der Waals surface area contributed by atoms with Crippen LogP contribution in [0.1, 0.15) is 43.2 Å². The molecule has 0 aliphatic heterocycles. The lowest BCUT2D eigenvalue weighted by molar-refractivity contribution is -0.142. The summed E-state index contributed by atoms with van der Waals surface area (Å²) in [7, 11) is 0. The van der Waals surface area contributed by atoms with Crippen LogP contribution in [0.2, 0.25) is 0 Å². The summed E-state index contributed by atoms with van der Waals surface area (Å²) in [6, 6.07) is 6.84. The standard InChI is InChI=1S/C17H23NO3/c1-12-7-5-6-10-14(12)11-15(17(20)21)18-16(19)13-8-3-2-4-9-13/h5-7,10,13,15H,2-4,8-9,11H2,1H3,(H,18,19)(H,20,21)/t15-/m0/s1. The van der Waals surface area contributed by atoms with Crippen molar-refractivity contribution in [2.75, 3.05) is 0 Å². The highest BCUT2D eigenvalue weighted by atomic mass is 16.4. The van der Waals surface area contributed by atoms with Gasteiger partial charge in [0.15, 0.2) is 0 Å². The fourth-order valence-electron chi connectivity index (χ4n) is 2.91. The molecule has 1 fully saturated rings. The largest absolute Gasteiger partial charge is 0.480 e. The number of carboxylic acid groups (broad SMARTS) is 1. The summed E-state index contributed by atoms with van der Waals surface area (Å²) in [6.07, 6.45) is 5.39. The maximum absolute atomic E-state index is 12.2. The second-order valence-corrected chi connectivity index (χ2v) is 5.86. The van der Waals surface area contributed by atoms with Crippen LogP contribution < -0.4 is 5.32 Å². The van der Waals surface area contributed by atoms with E-state index in [1.165, 1.54) is 6.42 Å². The lowest BCUT2D eigenvalue weighted by Crippen LogP contribution is -2.45. The zero-order valence-electron chi connectivity index (χ0n) is 12.5. The molecular formula is C17H23NO3. The van der Waals surface area contributed by atoms with E-state index in [9.17, 15) is 14.7 Å². The third-order valence-corrected chi connectivity index (χ3v) is 4.28. The first-order chi connectivity index (χ1) is 10.1. The molecule has 0 heterocycles. The Morgan fingerprint density at radius 3 is 2.52 bits per heavy atom. The Bertz CT molecular complexity index is 507. The van der Waals surface area contributed by atoms with Gasteiger partial charge in [0.2, 0.25) is 5.91 Å². The van der Waals surface area contributed by atoms with Crippen LogP contribution in [-0.2, 0) is 16.0 Å². The molecule has 1 atom stereocenters. The third-order valence-electron chi connectivity index (χ3n) is 4.28. The molecule has 0 saturated heterocycles. The molecule has 0 aromatic heterocycles. The van der Waals surface area contributed by atoms with Gasteiger partial charge in [0, 0.05) is 12.3 Å². The van der Waals surface area contributed by atoms with Gasteiger partial charge in [-0.2, -0.15) is 0 Å². The normalized spacial score (nSPS) is 17.2. The molecular weight excluding hydrogens is 266 g/mol. The van der Waals surface area contributed by atoms with Crippen LogP contribution in [0.15, 0.2) is 24.3 Å². The van der Waals surface area contributed by atoms with Crippen molar-refractivity contribution in [1.29, 1.82) is 0 Å². The summed E-state index contributed by atoms with van der Waals surface area (Å²) in [5.74, 6) is -1.09. The number of nitrogens with one attached hydrogen (secondary N) is 1. The molecule has 0 spiro atoms. The molecule has 1 aliphatic carbocycles. The van der Waals surface area contributed by atoms with Crippen LogP contribution in [0.5, 0.6) is 0 Å². The number of carbonyl (C=O) groups is 2. The van der Waals surface area contributed by atoms with E-state index in [4.69, 9.17) is 0 Å². The summed E-state index contributed by atoms with van der Waals surface area (Å²) in [4.78, 5) is 23.6. The molecule has 1 aromatic rings. The molecule has 2 N–H and O–H groups in total. The van der Waals surface area contributed by atoms with E-state index in [0.717, 1.165) is 36.8 Å². The molecule has 1 saturated carbocycles. The Labute approximate surface area is 125 Å². The predicted octanol–water partition coefficient (Wildman–Crippen LogP) is 2.69. The van der Waals surface area contributed by atoms with Gasteiger partial charge in [-0.15, -0.1) is 0 Å². The first-order valence-corrected chi connectivity index (χ1v) is 7.65. The van der Waals surface area contributed by atoms with E-state index in [-0.39, 0.29) is 11.8 Å². The zero-order valence-corrected chi connectivity index (χ0v) is 12.5. The number of amides is 1. The number of hydrogen-bond acceptors (Lipinski definition) is 2. The fraction of sp³-hybridized carbons (Fsp3) is 0.529. The second kappa shape index (κ2) is 7.25. The third kappa shape index (κ3) is 4.31. The lowest BCUT2D eigenvalue weighted by Gasteiger charge is -2.23. The van der Waals surface area contributed by atoms with Crippen LogP contribution in [0, 0.1) is 12.8 Å². The Morgan fingerprint density at radius 1 is 1.24 bits per heavy atom. The van der Waals surface area contributed by atoms with Gasteiger partial charge in [0.05, 0.1) is 0 Å². The first-order valence-electron chi connectivity index (χ1n) is 7.65. The summed E-state index contributed by atoms with van der Waals surface area (Å²) < 4.78 is 0. The molecule has 2 rings (SSSR count). The average Bonchev–Trinajstić information content (AvgIpc) is 2.49. The van der Waals surface area contributed by atoms with Crippen LogP contribution >= 0.6 is 0 Å². The van der Waals surface area contributed by atoms with Gasteiger partial charge >= 0.3 is 5.97 Å². The van der Waals surface area contributed by atoms with E-state index >= 15 is 0 Å². The topological polar surface area (TPSA) is 66.4 Å². The van der Waals surface area contributed by atoms with Crippen molar-refractivity contribution in [3.8, 4) is 0 Å². The summed E-state index contributed by atoms with van der Waals surface area (Å²) >= 11 is 0. The van der Waals surface area contributed by atoms with Crippen molar-refractivity contribution in [2.45, 2.75) is 51.5 Å². The molecule has 0 bridgehead atoms. The van der Waals surface area contributed by atoms with Crippen molar-refractivity contribution in [1.82, 2.24) is 5.32 Å². The minimum atomic E-state index is -0.970. The van der Waals surface area contributed by atoms with Crippen LogP contribution in [0.4, 0.5) is 0 Å². The number of hydrogen-bond donors (Lipinski definition) is 2. The molecule has 1 aliphatic rings. The quantitative estimate of drug-likeness (QED) is 0.876. The van der Waals surface area contributed by atoms with Gasteiger partial charge in [0.1, 0.15) is 6.04 Å². The molecule has 21 heavy (non-hydrogen) atoms. The van der Waals surface area contributed by atoms with Gasteiger partial charge < -0.3 is 10.4 Å². The van der Waals surface area contributed by atoms with E-state index in [1.54, 1.807) is 0 Å². The predicted molar refractivity (Wildman–Crippen MR) is 81.0 cm³/mol. The number of aryl methyl sites for hydroxylation is 1. The van der Waals surface area contributed by atoms with E-state index in [2.05, 4.69) is 5.32 Å².